The van der Waals surface area contributed by atoms with Crippen LogP contribution in [0.5, 0.6) is 0 Å². The summed E-state index contributed by atoms with van der Waals surface area (Å²) in [5.41, 5.74) is 7.24. The average molecular weight is 355 g/mol. The van der Waals surface area contributed by atoms with Gasteiger partial charge in [-0.1, -0.05) is 62.4 Å². The third-order valence-electron chi connectivity index (χ3n) is 4.95. The number of carbonyl (C=O) groups excluding carboxylic acids is 1. The van der Waals surface area contributed by atoms with E-state index < -0.39 is 0 Å². The van der Waals surface area contributed by atoms with Crippen molar-refractivity contribution in [1.29, 1.82) is 0 Å². The van der Waals surface area contributed by atoms with E-state index in [4.69, 9.17) is 5.73 Å². The van der Waals surface area contributed by atoms with E-state index in [9.17, 15) is 4.79 Å². The molecule has 1 fully saturated rings. The van der Waals surface area contributed by atoms with Gasteiger partial charge in [-0.15, -0.1) is 11.8 Å². The molecule has 132 valence electrons. The minimum Gasteiger partial charge on any atom is -0.341 e. The van der Waals surface area contributed by atoms with E-state index in [1.165, 1.54) is 0 Å². The number of thioether (sulfide) groups is 1. The monoisotopic (exact) mass is 354 g/mol. The molecule has 4 heteroatoms. The van der Waals surface area contributed by atoms with Crippen LogP contribution in [0.25, 0.3) is 0 Å². The van der Waals surface area contributed by atoms with Gasteiger partial charge in [0.05, 0.1) is 0 Å². The van der Waals surface area contributed by atoms with Gasteiger partial charge in [0.25, 0.3) is 0 Å². The number of nitrogens with two attached hydrogens (primary N) is 1. The number of likely N-dealkylation sites (tertiary alicyclic amines) is 1. The van der Waals surface area contributed by atoms with Crippen LogP contribution in [0.3, 0.4) is 0 Å². The van der Waals surface area contributed by atoms with Crippen LogP contribution in [0.1, 0.15) is 31.1 Å². The van der Waals surface area contributed by atoms with Gasteiger partial charge in [0.15, 0.2) is 0 Å². The lowest BCUT2D eigenvalue weighted by molar-refractivity contribution is -0.134. The van der Waals surface area contributed by atoms with Crippen LogP contribution >= 0.6 is 11.8 Å². The molecular formula is C21H26N2OS. The number of amides is 1. The molecule has 0 spiro atoms. The van der Waals surface area contributed by atoms with Gasteiger partial charge in [-0.05, 0) is 29.5 Å². The van der Waals surface area contributed by atoms with E-state index in [1.54, 1.807) is 11.8 Å². The smallest absolute Gasteiger partial charge is 0.240 e. The van der Waals surface area contributed by atoms with Gasteiger partial charge >= 0.3 is 0 Å². The van der Waals surface area contributed by atoms with Crippen molar-refractivity contribution < 1.29 is 4.79 Å². The van der Waals surface area contributed by atoms with Crippen LogP contribution in [0, 0.1) is 5.41 Å². The summed E-state index contributed by atoms with van der Waals surface area (Å²) in [6.45, 7) is 5.76. The van der Waals surface area contributed by atoms with Crippen LogP contribution in [0.2, 0.25) is 0 Å². The first-order valence-corrected chi connectivity index (χ1v) is 9.66. The first-order valence-electron chi connectivity index (χ1n) is 8.78. The molecule has 2 aromatic rings. The van der Waals surface area contributed by atoms with Gasteiger partial charge in [-0.3, -0.25) is 4.79 Å². The molecule has 1 heterocycles. The largest absolute Gasteiger partial charge is 0.341 e. The molecular weight excluding hydrogens is 328 g/mol. The zero-order valence-corrected chi connectivity index (χ0v) is 15.7. The SMILES string of the molecule is CC1(C)CN(C(=O)C(Sc2ccccc2)c2ccccc2)CCC1N. The average Bonchev–Trinajstić information content (AvgIpc) is 2.63. The molecule has 2 atom stereocenters. The topological polar surface area (TPSA) is 46.3 Å². The molecule has 1 saturated heterocycles. The third kappa shape index (κ3) is 4.25. The number of rotatable bonds is 4. The molecule has 3 nitrogen and oxygen atoms in total. The summed E-state index contributed by atoms with van der Waals surface area (Å²) in [4.78, 5) is 16.5. The van der Waals surface area contributed by atoms with Crippen molar-refractivity contribution >= 4 is 17.7 Å². The van der Waals surface area contributed by atoms with Gasteiger partial charge in [0.2, 0.25) is 5.91 Å². The highest BCUT2D eigenvalue weighted by Gasteiger charge is 2.37. The number of benzene rings is 2. The van der Waals surface area contributed by atoms with Gasteiger partial charge in [-0.2, -0.15) is 0 Å². The second kappa shape index (κ2) is 7.63. The van der Waals surface area contributed by atoms with E-state index in [0.29, 0.717) is 6.54 Å². The minimum absolute atomic E-state index is 0.0490. The number of carbonyl (C=O) groups is 1. The summed E-state index contributed by atoms with van der Waals surface area (Å²) in [5, 5.41) is -0.228. The van der Waals surface area contributed by atoms with E-state index in [0.717, 1.165) is 23.4 Å². The molecule has 25 heavy (non-hydrogen) atoms. The van der Waals surface area contributed by atoms with Crippen molar-refractivity contribution in [1.82, 2.24) is 4.90 Å². The van der Waals surface area contributed by atoms with Gasteiger partial charge in [0, 0.05) is 24.0 Å². The van der Waals surface area contributed by atoms with Crippen molar-refractivity contribution in [3.05, 3.63) is 66.2 Å². The first-order chi connectivity index (χ1) is 12.0. The van der Waals surface area contributed by atoms with E-state index in [-0.39, 0.29) is 22.6 Å². The predicted octanol–water partition coefficient (Wildman–Crippen LogP) is 4.11. The van der Waals surface area contributed by atoms with Crippen LogP contribution in [-0.2, 0) is 4.79 Å². The molecule has 2 unspecified atom stereocenters. The summed E-state index contributed by atoms with van der Waals surface area (Å²) in [7, 11) is 0. The molecule has 1 amide bonds. The van der Waals surface area contributed by atoms with Crippen LogP contribution < -0.4 is 5.73 Å². The number of nitrogens with zero attached hydrogens (tertiary/aromatic N) is 1. The van der Waals surface area contributed by atoms with Crippen molar-refractivity contribution in [2.24, 2.45) is 11.1 Å². The Labute approximate surface area is 154 Å². The maximum Gasteiger partial charge on any atom is 0.240 e. The highest BCUT2D eigenvalue weighted by molar-refractivity contribution is 8.00. The Morgan fingerprint density at radius 1 is 1.12 bits per heavy atom. The molecule has 2 aromatic carbocycles. The standard InChI is InChI=1S/C21H26N2OS/c1-21(2)15-23(14-13-18(21)22)20(24)19(16-9-5-3-6-10-16)25-17-11-7-4-8-12-17/h3-12,18-19H,13-15,22H2,1-2H3. The minimum atomic E-state index is -0.228. The fraction of sp³-hybridized carbons (Fsp3) is 0.381. The van der Waals surface area contributed by atoms with Crippen LogP contribution in [-0.4, -0.2) is 29.9 Å². The summed E-state index contributed by atoms with van der Waals surface area (Å²) in [6, 6.07) is 20.4. The molecule has 0 aliphatic carbocycles. The lowest BCUT2D eigenvalue weighted by Crippen LogP contribution is -2.54. The number of piperidine rings is 1. The summed E-state index contributed by atoms with van der Waals surface area (Å²) >= 11 is 1.62. The van der Waals surface area contributed by atoms with E-state index in [2.05, 4.69) is 26.0 Å². The lowest BCUT2D eigenvalue weighted by Gasteiger charge is -2.43. The van der Waals surface area contributed by atoms with Crippen molar-refractivity contribution in [3.63, 3.8) is 0 Å². The normalized spacial score (nSPS) is 20.9. The molecule has 0 radical (unpaired) electrons. The maximum atomic E-state index is 13.4. The van der Waals surface area contributed by atoms with Crippen molar-refractivity contribution in [3.8, 4) is 0 Å². The van der Waals surface area contributed by atoms with Crippen LogP contribution in [0.4, 0.5) is 0 Å². The highest BCUT2D eigenvalue weighted by Crippen LogP contribution is 2.38. The number of hydrogen-bond acceptors (Lipinski definition) is 3. The Hall–Kier alpha value is -1.78. The Balaban J connectivity index is 1.85. The second-order valence-corrected chi connectivity index (χ2v) is 8.54. The van der Waals surface area contributed by atoms with Gasteiger partial charge in [-0.25, -0.2) is 0 Å². The number of hydrogen-bond donors (Lipinski definition) is 1. The van der Waals surface area contributed by atoms with E-state index >= 15 is 0 Å². The van der Waals surface area contributed by atoms with Crippen LogP contribution in [0.15, 0.2) is 65.6 Å². The first kappa shape index (κ1) is 18.0. The third-order valence-corrected chi connectivity index (χ3v) is 6.20. The second-order valence-electron chi connectivity index (χ2n) is 7.37. The quantitative estimate of drug-likeness (QED) is 0.841. The van der Waals surface area contributed by atoms with Gasteiger partial charge < -0.3 is 10.6 Å². The van der Waals surface area contributed by atoms with Gasteiger partial charge in [0.1, 0.15) is 5.25 Å². The zero-order chi connectivity index (χ0) is 17.9. The molecule has 0 saturated carbocycles. The molecule has 0 aromatic heterocycles. The zero-order valence-electron chi connectivity index (χ0n) is 14.9. The Morgan fingerprint density at radius 3 is 2.32 bits per heavy atom. The molecule has 1 aliphatic rings. The maximum absolute atomic E-state index is 13.4. The molecule has 3 rings (SSSR count). The Kier molecular flexibility index (Phi) is 5.50. The predicted molar refractivity (Wildman–Crippen MR) is 104 cm³/mol. The van der Waals surface area contributed by atoms with Crippen molar-refractivity contribution in [2.45, 2.75) is 36.5 Å². The lowest BCUT2D eigenvalue weighted by atomic mass is 9.79. The van der Waals surface area contributed by atoms with E-state index in [1.807, 2.05) is 53.4 Å². The summed E-state index contributed by atoms with van der Waals surface area (Å²) in [5.74, 6) is 0.181. The highest BCUT2D eigenvalue weighted by atomic mass is 32.2. The molecule has 2 N–H and O–H groups in total. The molecule has 0 bridgehead atoms. The fourth-order valence-electron chi connectivity index (χ4n) is 3.25. The fourth-order valence-corrected chi connectivity index (χ4v) is 4.38. The Morgan fingerprint density at radius 2 is 1.72 bits per heavy atom. The molecule has 1 aliphatic heterocycles. The summed E-state index contributed by atoms with van der Waals surface area (Å²) in [6.07, 6.45) is 0.857. The van der Waals surface area contributed by atoms with Crippen molar-refractivity contribution in [2.75, 3.05) is 13.1 Å². The summed E-state index contributed by atoms with van der Waals surface area (Å²) < 4.78 is 0. The Bertz CT molecular complexity index is 702.